The standard InChI is InChI=1S/C28H51NO2/c1-5-6-7-8-9-10-11-12-13-14-15-16-17-18-22-29-23-26-20-19-21-27(30-4)28(26)31-24-25(2)3/h19-21,25,29H,5-18,22-24H2,1-4H3. The van der Waals surface area contributed by atoms with E-state index in [9.17, 15) is 0 Å². The number of hydrogen-bond donors (Lipinski definition) is 1. The van der Waals surface area contributed by atoms with Gasteiger partial charge >= 0.3 is 0 Å². The monoisotopic (exact) mass is 433 g/mol. The molecule has 0 aliphatic carbocycles. The van der Waals surface area contributed by atoms with Gasteiger partial charge in [0.15, 0.2) is 11.5 Å². The molecule has 0 unspecified atom stereocenters. The van der Waals surface area contributed by atoms with Crippen molar-refractivity contribution < 1.29 is 9.47 Å². The molecule has 0 aliphatic rings. The Labute approximate surface area is 193 Å². The lowest BCUT2D eigenvalue weighted by molar-refractivity contribution is 0.254. The Morgan fingerprint density at radius 3 is 1.84 bits per heavy atom. The van der Waals surface area contributed by atoms with E-state index in [2.05, 4.69) is 32.2 Å². The summed E-state index contributed by atoms with van der Waals surface area (Å²) >= 11 is 0. The van der Waals surface area contributed by atoms with Crippen LogP contribution in [0.25, 0.3) is 0 Å². The third-order valence-corrected chi connectivity index (χ3v) is 5.86. The molecule has 31 heavy (non-hydrogen) atoms. The van der Waals surface area contributed by atoms with Crippen molar-refractivity contribution in [2.45, 2.75) is 117 Å². The van der Waals surface area contributed by atoms with Crippen LogP contribution in [0.3, 0.4) is 0 Å². The maximum Gasteiger partial charge on any atom is 0.165 e. The van der Waals surface area contributed by atoms with Crippen molar-refractivity contribution in [1.29, 1.82) is 0 Å². The van der Waals surface area contributed by atoms with Gasteiger partial charge in [0.05, 0.1) is 13.7 Å². The number of benzene rings is 1. The molecule has 0 fully saturated rings. The van der Waals surface area contributed by atoms with Crippen LogP contribution >= 0.6 is 0 Å². The Kier molecular flexibility index (Phi) is 17.5. The lowest BCUT2D eigenvalue weighted by atomic mass is 10.0. The summed E-state index contributed by atoms with van der Waals surface area (Å²) in [4.78, 5) is 0. The number of nitrogens with one attached hydrogen (secondary N) is 1. The van der Waals surface area contributed by atoms with E-state index in [0.717, 1.165) is 24.6 Å². The highest BCUT2D eigenvalue weighted by Gasteiger charge is 2.11. The second kappa shape index (κ2) is 19.5. The molecule has 0 atom stereocenters. The molecule has 3 nitrogen and oxygen atoms in total. The van der Waals surface area contributed by atoms with Crippen molar-refractivity contribution in [2.24, 2.45) is 5.92 Å². The number of ether oxygens (including phenoxy) is 2. The van der Waals surface area contributed by atoms with Gasteiger partial charge in [-0.3, -0.25) is 0 Å². The van der Waals surface area contributed by atoms with Gasteiger partial charge in [-0.1, -0.05) is 116 Å². The van der Waals surface area contributed by atoms with Crippen LogP contribution in [0, 0.1) is 5.92 Å². The molecular formula is C28H51NO2. The zero-order valence-electron chi connectivity index (χ0n) is 21.1. The van der Waals surface area contributed by atoms with E-state index in [-0.39, 0.29) is 0 Å². The molecule has 0 amide bonds. The molecule has 3 heteroatoms. The number of methoxy groups -OCH3 is 1. The molecule has 180 valence electrons. The highest BCUT2D eigenvalue weighted by Crippen LogP contribution is 2.31. The molecule has 0 aromatic heterocycles. The second-order valence-corrected chi connectivity index (χ2v) is 9.43. The van der Waals surface area contributed by atoms with E-state index in [0.29, 0.717) is 12.5 Å². The van der Waals surface area contributed by atoms with E-state index in [1.54, 1.807) is 7.11 Å². The van der Waals surface area contributed by atoms with Crippen LogP contribution in [0.1, 0.15) is 116 Å². The van der Waals surface area contributed by atoms with Crippen molar-refractivity contribution in [3.8, 4) is 11.5 Å². The Morgan fingerprint density at radius 1 is 0.774 bits per heavy atom. The van der Waals surface area contributed by atoms with Gasteiger partial charge in [0.1, 0.15) is 0 Å². The van der Waals surface area contributed by atoms with Gasteiger partial charge in [-0.05, 0) is 24.9 Å². The zero-order valence-corrected chi connectivity index (χ0v) is 21.1. The third-order valence-electron chi connectivity index (χ3n) is 5.86. The fraction of sp³-hybridized carbons (Fsp3) is 0.786. The van der Waals surface area contributed by atoms with Crippen molar-refractivity contribution in [3.63, 3.8) is 0 Å². The lowest BCUT2D eigenvalue weighted by Gasteiger charge is -2.16. The van der Waals surface area contributed by atoms with Crippen molar-refractivity contribution in [3.05, 3.63) is 23.8 Å². The van der Waals surface area contributed by atoms with Crippen LogP contribution in [0.15, 0.2) is 18.2 Å². The number of rotatable bonds is 21. The fourth-order valence-electron chi connectivity index (χ4n) is 3.94. The molecule has 1 rings (SSSR count). The van der Waals surface area contributed by atoms with E-state index in [1.807, 2.05) is 12.1 Å². The number of para-hydroxylation sites is 1. The zero-order chi connectivity index (χ0) is 22.6. The van der Waals surface area contributed by atoms with E-state index in [1.165, 1.54) is 95.5 Å². The first kappa shape index (κ1) is 27.8. The molecule has 0 bridgehead atoms. The molecule has 1 aromatic rings. The largest absolute Gasteiger partial charge is 0.493 e. The minimum absolute atomic E-state index is 0.501. The van der Waals surface area contributed by atoms with Crippen LogP contribution < -0.4 is 14.8 Å². The minimum Gasteiger partial charge on any atom is -0.493 e. The van der Waals surface area contributed by atoms with Gasteiger partial charge in [-0.25, -0.2) is 0 Å². The Hall–Kier alpha value is -1.22. The van der Waals surface area contributed by atoms with Crippen LogP contribution in [0.4, 0.5) is 0 Å². The van der Waals surface area contributed by atoms with Crippen LogP contribution in [0.5, 0.6) is 11.5 Å². The van der Waals surface area contributed by atoms with Crippen LogP contribution in [-0.2, 0) is 6.54 Å². The lowest BCUT2D eigenvalue weighted by Crippen LogP contribution is -2.16. The van der Waals surface area contributed by atoms with Crippen molar-refractivity contribution in [2.75, 3.05) is 20.3 Å². The normalized spacial score (nSPS) is 11.3. The molecular weight excluding hydrogens is 382 g/mol. The molecule has 1 N–H and O–H groups in total. The van der Waals surface area contributed by atoms with Gasteiger partial charge in [-0.2, -0.15) is 0 Å². The van der Waals surface area contributed by atoms with Gasteiger partial charge in [0.2, 0.25) is 0 Å². The van der Waals surface area contributed by atoms with Gasteiger partial charge < -0.3 is 14.8 Å². The Morgan fingerprint density at radius 2 is 1.32 bits per heavy atom. The van der Waals surface area contributed by atoms with Gasteiger partial charge in [0, 0.05) is 12.1 Å². The highest BCUT2D eigenvalue weighted by atomic mass is 16.5. The average molecular weight is 434 g/mol. The third kappa shape index (κ3) is 14.5. The first-order valence-electron chi connectivity index (χ1n) is 13.2. The van der Waals surface area contributed by atoms with E-state index < -0.39 is 0 Å². The maximum atomic E-state index is 6.03. The first-order valence-corrected chi connectivity index (χ1v) is 13.2. The van der Waals surface area contributed by atoms with Crippen molar-refractivity contribution >= 4 is 0 Å². The predicted octanol–water partition coefficient (Wildman–Crippen LogP) is 8.30. The summed E-state index contributed by atoms with van der Waals surface area (Å²) in [5, 5.41) is 3.59. The van der Waals surface area contributed by atoms with Crippen LogP contribution in [-0.4, -0.2) is 20.3 Å². The molecule has 0 saturated carbocycles. The highest BCUT2D eigenvalue weighted by molar-refractivity contribution is 5.46. The van der Waals surface area contributed by atoms with Crippen molar-refractivity contribution in [1.82, 2.24) is 5.32 Å². The smallest absolute Gasteiger partial charge is 0.165 e. The summed E-state index contributed by atoms with van der Waals surface area (Å²) in [6.45, 7) is 9.25. The summed E-state index contributed by atoms with van der Waals surface area (Å²) in [5.74, 6) is 2.23. The Bertz CT molecular complexity index is 530. The predicted molar refractivity (Wildman–Crippen MR) is 135 cm³/mol. The van der Waals surface area contributed by atoms with Gasteiger partial charge in [0.25, 0.3) is 0 Å². The topological polar surface area (TPSA) is 30.5 Å². The maximum absolute atomic E-state index is 6.03. The molecule has 0 saturated heterocycles. The summed E-state index contributed by atoms with van der Waals surface area (Å²) in [7, 11) is 1.71. The summed E-state index contributed by atoms with van der Waals surface area (Å²) < 4.78 is 11.5. The second-order valence-electron chi connectivity index (χ2n) is 9.43. The SMILES string of the molecule is CCCCCCCCCCCCCCCCNCc1cccc(OC)c1OCC(C)C. The minimum atomic E-state index is 0.501. The fourth-order valence-corrected chi connectivity index (χ4v) is 3.94. The molecule has 0 radical (unpaired) electrons. The molecule has 0 spiro atoms. The summed E-state index contributed by atoms with van der Waals surface area (Å²) in [6.07, 6.45) is 19.7. The summed E-state index contributed by atoms with van der Waals surface area (Å²) in [5.41, 5.74) is 1.19. The molecule has 0 heterocycles. The molecule has 1 aromatic carbocycles. The average Bonchev–Trinajstić information content (AvgIpc) is 2.77. The van der Waals surface area contributed by atoms with E-state index >= 15 is 0 Å². The molecule has 0 aliphatic heterocycles. The number of unbranched alkanes of at least 4 members (excludes halogenated alkanes) is 13. The number of hydrogen-bond acceptors (Lipinski definition) is 3. The summed E-state index contributed by atoms with van der Waals surface area (Å²) in [6, 6.07) is 6.16. The van der Waals surface area contributed by atoms with Crippen LogP contribution in [0.2, 0.25) is 0 Å². The van der Waals surface area contributed by atoms with Gasteiger partial charge in [-0.15, -0.1) is 0 Å². The van der Waals surface area contributed by atoms with E-state index in [4.69, 9.17) is 9.47 Å². The quantitative estimate of drug-likeness (QED) is 0.198. The Balaban J connectivity index is 2.02. The first-order chi connectivity index (χ1) is 15.2.